The van der Waals surface area contributed by atoms with Crippen LogP contribution >= 0.6 is 11.6 Å². The Morgan fingerprint density at radius 3 is 2.20 bits per heavy atom. The third-order valence-electron chi connectivity index (χ3n) is 3.75. The molecular formula is C19H17ClN2O3. The molecule has 2 aromatic carbocycles. The van der Waals surface area contributed by atoms with E-state index >= 15 is 0 Å². The van der Waals surface area contributed by atoms with Crippen LogP contribution in [-0.2, 0) is 6.54 Å². The molecule has 3 aromatic rings. The molecule has 1 heterocycles. The topological polar surface area (TPSA) is 53.4 Å². The molecule has 0 aliphatic carbocycles. The van der Waals surface area contributed by atoms with E-state index < -0.39 is 0 Å². The van der Waals surface area contributed by atoms with Gasteiger partial charge in [-0.25, -0.2) is 4.68 Å². The van der Waals surface area contributed by atoms with Crippen molar-refractivity contribution in [1.29, 1.82) is 0 Å². The van der Waals surface area contributed by atoms with Gasteiger partial charge >= 0.3 is 0 Å². The van der Waals surface area contributed by atoms with Crippen LogP contribution in [-0.4, -0.2) is 24.0 Å². The molecule has 0 N–H and O–H groups in total. The van der Waals surface area contributed by atoms with E-state index in [-0.39, 0.29) is 5.56 Å². The second kappa shape index (κ2) is 7.40. The summed E-state index contributed by atoms with van der Waals surface area (Å²) in [6.45, 7) is 0.313. The van der Waals surface area contributed by atoms with E-state index in [1.807, 2.05) is 24.3 Å². The van der Waals surface area contributed by atoms with Crippen LogP contribution in [0, 0.1) is 0 Å². The first kappa shape index (κ1) is 17.0. The molecule has 0 fully saturated rings. The van der Waals surface area contributed by atoms with Crippen LogP contribution in [0.2, 0.25) is 5.02 Å². The maximum atomic E-state index is 12.2. The number of ether oxygens (including phenoxy) is 2. The van der Waals surface area contributed by atoms with Crippen molar-refractivity contribution in [2.75, 3.05) is 14.2 Å². The molecule has 6 heteroatoms. The zero-order chi connectivity index (χ0) is 17.8. The van der Waals surface area contributed by atoms with E-state index in [1.165, 1.54) is 10.7 Å². The minimum atomic E-state index is -0.181. The largest absolute Gasteiger partial charge is 0.497 e. The number of rotatable bonds is 5. The van der Waals surface area contributed by atoms with Crippen LogP contribution < -0.4 is 15.0 Å². The lowest BCUT2D eigenvalue weighted by molar-refractivity contribution is 0.393. The van der Waals surface area contributed by atoms with Gasteiger partial charge in [0.2, 0.25) is 0 Å². The summed E-state index contributed by atoms with van der Waals surface area (Å²) < 4.78 is 12.0. The van der Waals surface area contributed by atoms with E-state index in [1.54, 1.807) is 38.5 Å². The van der Waals surface area contributed by atoms with Crippen molar-refractivity contribution in [1.82, 2.24) is 9.78 Å². The van der Waals surface area contributed by atoms with Crippen LogP contribution in [0.25, 0.3) is 11.3 Å². The average Bonchev–Trinajstić information content (AvgIpc) is 2.64. The summed E-state index contributed by atoms with van der Waals surface area (Å²) in [4.78, 5) is 12.2. The number of methoxy groups -OCH3 is 2. The number of halogens is 1. The number of hydrogen-bond donors (Lipinski definition) is 0. The summed E-state index contributed by atoms with van der Waals surface area (Å²) in [5, 5.41) is 5.11. The Hall–Kier alpha value is -2.79. The first-order valence-corrected chi connectivity index (χ1v) is 8.03. The summed E-state index contributed by atoms with van der Waals surface area (Å²) in [5.74, 6) is 1.33. The number of aromatic nitrogens is 2. The van der Waals surface area contributed by atoms with E-state index in [4.69, 9.17) is 21.1 Å². The molecule has 5 nitrogen and oxygen atoms in total. The predicted octanol–water partition coefficient (Wildman–Crippen LogP) is 3.63. The van der Waals surface area contributed by atoms with Crippen LogP contribution in [0.5, 0.6) is 11.5 Å². The van der Waals surface area contributed by atoms with Gasteiger partial charge in [0.25, 0.3) is 5.56 Å². The smallest absolute Gasteiger partial charge is 0.267 e. The molecule has 0 saturated carbocycles. The Bertz CT molecular complexity index is 914. The molecule has 25 heavy (non-hydrogen) atoms. The fourth-order valence-electron chi connectivity index (χ4n) is 2.47. The molecule has 0 unspecified atom stereocenters. The Morgan fingerprint density at radius 2 is 1.60 bits per heavy atom. The Labute approximate surface area is 150 Å². The van der Waals surface area contributed by atoms with Crippen LogP contribution in [0.1, 0.15) is 5.56 Å². The molecule has 0 aliphatic heterocycles. The number of benzene rings is 2. The second-order valence-electron chi connectivity index (χ2n) is 5.44. The maximum absolute atomic E-state index is 12.2. The normalized spacial score (nSPS) is 10.5. The minimum absolute atomic E-state index is 0.181. The van der Waals surface area contributed by atoms with Gasteiger partial charge in [0.1, 0.15) is 11.5 Å². The molecule has 0 radical (unpaired) electrons. The van der Waals surface area contributed by atoms with E-state index in [9.17, 15) is 4.79 Å². The zero-order valence-corrected chi connectivity index (χ0v) is 14.7. The van der Waals surface area contributed by atoms with Gasteiger partial charge in [-0.1, -0.05) is 23.7 Å². The predicted molar refractivity (Wildman–Crippen MR) is 97.6 cm³/mol. The van der Waals surface area contributed by atoms with Gasteiger partial charge in [-0.3, -0.25) is 4.79 Å². The molecule has 0 amide bonds. The summed E-state index contributed by atoms with van der Waals surface area (Å²) >= 11 is 5.92. The zero-order valence-electron chi connectivity index (χ0n) is 13.9. The highest BCUT2D eigenvalue weighted by atomic mass is 35.5. The highest BCUT2D eigenvalue weighted by Crippen LogP contribution is 2.23. The third-order valence-corrected chi connectivity index (χ3v) is 4.00. The van der Waals surface area contributed by atoms with Crippen LogP contribution in [0.3, 0.4) is 0 Å². The van der Waals surface area contributed by atoms with Gasteiger partial charge in [0.05, 0.1) is 26.5 Å². The Kier molecular flexibility index (Phi) is 5.05. The van der Waals surface area contributed by atoms with E-state index in [2.05, 4.69) is 5.10 Å². The van der Waals surface area contributed by atoms with Crippen LogP contribution in [0.15, 0.2) is 59.4 Å². The number of nitrogens with zero attached hydrogens (tertiary/aromatic N) is 2. The standard InChI is InChI=1S/C19H17ClN2O3/c1-24-16-9-13(10-17(11-16)25-2)12-22-19(23)8-7-18(21-22)14-3-5-15(20)6-4-14/h3-11H,12H2,1-2H3. The van der Waals surface area contributed by atoms with Crippen molar-refractivity contribution in [3.8, 4) is 22.8 Å². The molecule has 0 aliphatic rings. The molecule has 3 rings (SSSR count). The summed E-state index contributed by atoms with van der Waals surface area (Å²) in [7, 11) is 3.17. The van der Waals surface area contributed by atoms with Gasteiger partial charge in [0.15, 0.2) is 0 Å². The van der Waals surface area contributed by atoms with Gasteiger partial charge in [-0.15, -0.1) is 0 Å². The van der Waals surface area contributed by atoms with Crippen LogP contribution in [0.4, 0.5) is 0 Å². The SMILES string of the molecule is COc1cc(Cn2nc(-c3ccc(Cl)cc3)ccc2=O)cc(OC)c1. The van der Waals surface area contributed by atoms with Gasteiger partial charge in [-0.2, -0.15) is 5.10 Å². The molecule has 1 aromatic heterocycles. The second-order valence-corrected chi connectivity index (χ2v) is 5.88. The molecule has 0 bridgehead atoms. The highest BCUT2D eigenvalue weighted by Gasteiger charge is 2.07. The first-order valence-electron chi connectivity index (χ1n) is 7.65. The van der Waals surface area contributed by atoms with Gasteiger partial charge in [-0.05, 0) is 35.9 Å². The van der Waals surface area contributed by atoms with Gasteiger partial charge in [0, 0.05) is 22.7 Å². The highest BCUT2D eigenvalue weighted by molar-refractivity contribution is 6.30. The Morgan fingerprint density at radius 1 is 0.960 bits per heavy atom. The minimum Gasteiger partial charge on any atom is -0.497 e. The van der Waals surface area contributed by atoms with Crippen molar-refractivity contribution in [3.63, 3.8) is 0 Å². The Balaban J connectivity index is 1.96. The summed E-state index contributed by atoms with van der Waals surface area (Å²) in [6, 6.07) is 16.0. The monoisotopic (exact) mass is 356 g/mol. The quantitative estimate of drug-likeness (QED) is 0.700. The van der Waals surface area contributed by atoms with Gasteiger partial charge < -0.3 is 9.47 Å². The lowest BCUT2D eigenvalue weighted by atomic mass is 10.1. The van der Waals surface area contributed by atoms with Crippen molar-refractivity contribution in [2.24, 2.45) is 0 Å². The average molecular weight is 357 g/mol. The first-order chi connectivity index (χ1) is 12.1. The summed E-state index contributed by atoms with van der Waals surface area (Å²) in [6.07, 6.45) is 0. The summed E-state index contributed by atoms with van der Waals surface area (Å²) in [5.41, 5.74) is 2.27. The fraction of sp³-hybridized carbons (Fsp3) is 0.158. The van der Waals surface area contributed by atoms with E-state index in [0.717, 1.165) is 11.1 Å². The molecule has 0 spiro atoms. The molecule has 128 valence electrons. The molecule has 0 saturated heterocycles. The van der Waals surface area contributed by atoms with Crippen molar-refractivity contribution >= 4 is 11.6 Å². The lowest BCUT2D eigenvalue weighted by Gasteiger charge is -2.10. The van der Waals surface area contributed by atoms with Crippen molar-refractivity contribution in [2.45, 2.75) is 6.54 Å². The molecular weight excluding hydrogens is 340 g/mol. The lowest BCUT2D eigenvalue weighted by Crippen LogP contribution is -2.22. The fourth-order valence-corrected chi connectivity index (χ4v) is 2.59. The maximum Gasteiger partial charge on any atom is 0.267 e. The molecule has 0 atom stereocenters. The van der Waals surface area contributed by atoms with Crippen molar-refractivity contribution in [3.05, 3.63) is 75.5 Å². The van der Waals surface area contributed by atoms with Crippen molar-refractivity contribution < 1.29 is 9.47 Å². The number of hydrogen-bond acceptors (Lipinski definition) is 4. The van der Waals surface area contributed by atoms with E-state index in [0.29, 0.717) is 28.8 Å². The third kappa shape index (κ3) is 4.00.